The van der Waals surface area contributed by atoms with E-state index in [1.807, 2.05) is 37.3 Å². The molecule has 1 aromatic carbocycles. The van der Waals surface area contributed by atoms with Crippen LogP contribution in [0.15, 0.2) is 59.2 Å². The van der Waals surface area contributed by atoms with Crippen molar-refractivity contribution >= 4 is 28.8 Å². The molecule has 0 aliphatic rings. The van der Waals surface area contributed by atoms with Crippen LogP contribution in [-0.4, -0.2) is 11.8 Å². The Balaban J connectivity index is 1.56. The Hall–Kier alpha value is -2.86. The van der Waals surface area contributed by atoms with Crippen molar-refractivity contribution in [2.24, 2.45) is 0 Å². The Labute approximate surface area is 143 Å². The van der Waals surface area contributed by atoms with E-state index in [0.29, 0.717) is 17.2 Å². The van der Waals surface area contributed by atoms with E-state index < -0.39 is 0 Å². The van der Waals surface area contributed by atoms with Gasteiger partial charge < -0.3 is 15.1 Å². The normalized spacial score (nSPS) is 10.4. The molecule has 0 unspecified atom stereocenters. The van der Waals surface area contributed by atoms with Crippen molar-refractivity contribution in [3.63, 3.8) is 0 Å². The first-order valence-corrected chi connectivity index (χ1v) is 8.22. The van der Waals surface area contributed by atoms with Gasteiger partial charge in [0, 0.05) is 10.6 Å². The monoisotopic (exact) mass is 340 g/mol. The molecule has 0 saturated heterocycles. The standard InChI is InChI=1S/C18H16N2O3S/c1-12-5-2-3-6-14(12)20-18(22)19-11-13-8-9-16(24-13)17(21)15-7-4-10-23-15/h2-10H,11H2,1H3,(H2,19,20,22). The van der Waals surface area contributed by atoms with Crippen LogP contribution in [0.2, 0.25) is 0 Å². The average Bonchev–Trinajstić information content (AvgIpc) is 3.26. The number of anilines is 1. The van der Waals surface area contributed by atoms with Gasteiger partial charge in [-0.05, 0) is 42.8 Å². The minimum atomic E-state index is -0.281. The van der Waals surface area contributed by atoms with Gasteiger partial charge in [0.25, 0.3) is 0 Å². The lowest BCUT2D eigenvalue weighted by Crippen LogP contribution is -2.28. The third-order valence-corrected chi connectivity index (χ3v) is 4.53. The Bertz CT molecular complexity index is 853. The molecular formula is C18H16N2O3S. The van der Waals surface area contributed by atoms with Gasteiger partial charge in [-0.1, -0.05) is 18.2 Å². The number of benzene rings is 1. The summed E-state index contributed by atoms with van der Waals surface area (Å²) >= 11 is 1.34. The van der Waals surface area contributed by atoms with E-state index in [-0.39, 0.29) is 11.8 Å². The number of hydrogen-bond acceptors (Lipinski definition) is 4. The molecule has 2 heterocycles. The molecule has 24 heavy (non-hydrogen) atoms. The predicted octanol–water partition coefficient (Wildman–Crippen LogP) is 4.20. The molecule has 0 aliphatic carbocycles. The lowest BCUT2D eigenvalue weighted by atomic mass is 10.2. The van der Waals surface area contributed by atoms with Crippen LogP contribution in [0.1, 0.15) is 25.9 Å². The summed E-state index contributed by atoms with van der Waals surface area (Å²) in [4.78, 5) is 25.6. The number of carbonyl (C=O) groups excluding carboxylic acids is 2. The molecule has 2 amide bonds. The van der Waals surface area contributed by atoms with E-state index in [9.17, 15) is 9.59 Å². The number of ketones is 1. The molecule has 0 bridgehead atoms. The maximum atomic E-state index is 12.2. The number of amides is 2. The molecule has 0 radical (unpaired) electrons. The maximum absolute atomic E-state index is 12.2. The lowest BCUT2D eigenvalue weighted by molar-refractivity contribution is 0.101. The maximum Gasteiger partial charge on any atom is 0.319 e. The van der Waals surface area contributed by atoms with Crippen LogP contribution in [0.5, 0.6) is 0 Å². The number of hydrogen-bond donors (Lipinski definition) is 2. The first-order chi connectivity index (χ1) is 11.6. The Kier molecular flexibility index (Phi) is 4.77. The van der Waals surface area contributed by atoms with E-state index in [1.54, 1.807) is 18.2 Å². The van der Waals surface area contributed by atoms with Crippen LogP contribution >= 0.6 is 11.3 Å². The zero-order valence-electron chi connectivity index (χ0n) is 13.0. The number of para-hydroxylation sites is 1. The van der Waals surface area contributed by atoms with E-state index in [1.165, 1.54) is 17.6 Å². The molecule has 0 fully saturated rings. The molecule has 0 aliphatic heterocycles. The Morgan fingerprint density at radius 1 is 1.08 bits per heavy atom. The summed E-state index contributed by atoms with van der Waals surface area (Å²) in [5.74, 6) is 0.161. The molecule has 0 saturated carbocycles. The van der Waals surface area contributed by atoms with Gasteiger partial charge in [0.05, 0.1) is 17.7 Å². The number of carbonyl (C=O) groups is 2. The van der Waals surface area contributed by atoms with Crippen molar-refractivity contribution in [1.82, 2.24) is 5.32 Å². The van der Waals surface area contributed by atoms with Gasteiger partial charge in [0.1, 0.15) is 0 Å². The topological polar surface area (TPSA) is 71.3 Å². The second-order valence-corrected chi connectivity index (χ2v) is 6.36. The minimum Gasteiger partial charge on any atom is -0.461 e. The molecule has 0 spiro atoms. The fraction of sp³-hybridized carbons (Fsp3) is 0.111. The van der Waals surface area contributed by atoms with Gasteiger partial charge in [0.15, 0.2) is 5.76 Å². The summed E-state index contributed by atoms with van der Waals surface area (Å²) in [6.07, 6.45) is 1.47. The summed E-state index contributed by atoms with van der Waals surface area (Å²) in [6.45, 7) is 2.29. The van der Waals surface area contributed by atoms with Crippen molar-refractivity contribution in [3.8, 4) is 0 Å². The molecule has 3 rings (SSSR count). The first-order valence-electron chi connectivity index (χ1n) is 7.41. The molecule has 2 aromatic heterocycles. The summed E-state index contributed by atoms with van der Waals surface area (Å²) in [5, 5.41) is 5.59. The molecule has 6 heteroatoms. The summed E-state index contributed by atoms with van der Waals surface area (Å²) in [5.41, 5.74) is 1.77. The number of rotatable bonds is 5. The van der Waals surface area contributed by atoms with Crippen LogP contribution in [0, 0.1) is 6.92 Å². The zero-order chi connectivity index (χ0) is 16.9. The largest absolute Gasteiger partial charge is 0.461 e. The van der Waals surface area contributed by atoms with E-state index in [2.05, 4.69) is 10.6 Å². The van der Waals surface area contributed by atoms with Crippen molar-refractivity contribution in [2.45, 2.75) is 13.5 Å². The molecule has 122 valence electrons. The third-order valence-electron chi connectivity index (χ3n) is 3.45. The molecule has 0 atom stereocenters. The highest BCUT2D eigenvalue weighted by Crippen LogP contribution is 2.20. The zero-order valence-corrected chi connectivity index (χ0v) is 13.9. The molecule has 3 aromatic rings. The first kappa shape index (κ1) is 16.0. The highest BCUT2D eigenvalue weighted by Gasteiger charge is 2.14. The highest BCUT2D eigenvalue weighted by molar-refractivity contribution is 7.14. The highest BCUT2D eigenvalue weighted by atomic mass is 32.1. The average molecular weight is 340 g/mol. The van der Waals surface area contributed by atoms with Gasteiger partial charge in [-0.3, -0.25) is 4.79 Å². The van der Waals surface area contributed by atoms with Crippen molar-refractivity contribution in [1.29, 1.82) is 0 Å². The molecule has 2 N–H and O–H groups in total. The van der Waals surface area contributed by atoms with E-state index in [0.717, 1.165) is 16.1 Å². The number of thiophene rings is 1. The smallest absolute Gasteiger partial charge is 0.319 e. The fourth-order valence-corrected chi connectivity index (χ4v) is 3.06. The van der Waals surface area contributed by atoms with Crippen molar-refractivity contribution in [3.05, 3.63) is 75.9 Å². The minimum absolute atomic E-state index is 0.152. The van der Waals surface area contributed by atoms with Gasteiger partial charge in [-0.25, -0.2) is 4.79 Å². The van der Waals surface area contributed by atoms with Gasteiger partial charge >= 0.3 is 6.03 Å². The van der Waals surface area contributed by atoms with E-state index >= 15 is 0 Å². The molecular weight excluding hydrogens is 324 g/mol. The van der Waals surface area contributed by atoms with Crippen LogP contribution < -0.4 is 10.6 Å². The summed E-state index contributed by atoms with van der Waals surface area (Å²) in [6, 6.07) is 14.2. The third kappa shape index (κ3) is 3.72. The number of nitrogens with one attached hydrogen (secondary N) is 2. The number of furan rings is 1. The van der Waals surface area contributed by atoms with Crippen LogP contribution in [-0.2, 0) is 6.54 Å². The molecule has 5 nitrogen and oxygen atoms in total. The van der Waals surface area contributed by atoms with Crippen molar-refractivity contribution < 1.29 is 14.0 Å². The Morgan fingerprint density at radius 2 is 1.92 bits per heavy atom. The van der Waals surface area contributed by atoms with Crippen LogP contribution in [0.25, 0.3) is 0 Å². The predicted molar refractivity (Wildman–Crippen MR) is 93.5 cm³/mol. The number of urea groups is 1. The fourth-order valence-electron chi connectivity index (χ4n) is 2.17. The number of aryl methyl sites for hydroxylation is 1. The van der Waals surface area contributed by atoms with Crippen molar-refractivity contribution in [2.75, 3.05) is 5.32 Å². The summed E-state index contributed by atoms with van der Waals surface area (Å²) in [7, 11) is 0. The van der Waals surface area contributed by atoms with E-state index in [4.69, 9.17) is 4.42 Å². The second-order valence-electron chi connectivity index (χ2n) is 5.19. The van der Waals surface area contributed by atoms with Crippen LogP contribution in [0.4, 0.5) is 10.5 Å². The summed E-state index contributed by atoms with van der Waals surface area (Å²) < 4.78 is 5.11. The van der Waals surface area contributed by atoms with Crippen LogP contribution in [0.3, 0.4) is 0 Å². The second kappa shape index (κ2) is 7.14. The Morgan fingerprint density at radius 3 is 2.67 bits per heavy atom. The quantitative estimate of drug-likeness (QED) is 0.684. The van der Waals surface area contributed by atoms with Gasteiger partial charge in [0.2, 0.25) is 5.78 Å². The lowest BCUT2D eigenvalue weighted by Gasteiger charge is -2.08. The van der Waals surface area contributed by atoms with Gasteiger partial charge in [-0.2, -0.15) is 0 Å². The van der Waals surface area contributed by atoms with Gasteiger partial charge in [-0.15, -0.1) is 11.3 Å². The SMILES string of the molecule is Cc1ccccc1NC(=O)NCc1ccc(C(=O)c2ccco2)s1.